The summed E-state index contributed by atoms with van der Waals surface area (Å²) in [5.41, 5.74) is 0.539. The molecule has 0 atom stereocenters. The highest BCUT2D eigenvalue weighted by Crippen LogP contribution is 2.26. The number of amides is 1. The van der Waals surface area contributed by atoms with Crippen LogP contribution in [-0.4, -0.2) is 44.0 Å². The molecule has 1 aliphatic heterocycles. The Morgan fingerprint density at radius 2 is 1.87 bits per heavy atom. The second-order valence-corrected chi connectivity index (χ2v) is 10.6. The quantitative estimate of drug-likeness (QED) is 0.549. The van der Waals surface area contributed by atoms with E-state index in [1.54, 1.807) is 12.1 Å². The van der Waals surface area contributed by atoms with E-state index in [1.165, 1.54) is 40.3 Å². The highest BCUT2D eigenvalue weighted by atomic mass is 35.5. The molecule has 0 spiro atoms. The fourth-order valence-electron chi connectivity index (χ4n) is 3.09. The molecule has 1 aliphatic rings. The van der Waals surface area contributed by atoms with Crippen molar-refractivity contribution in [3.8, 4) is 0 Å². The van der Waals surface area contributed by atoms with Gasteiger partial charge in [-0.05, 0) is 43.2 Å². The third-order valence-electron chi connectivity index (χ3n) is 4.73. The summed E-state index contributed by atoms with van der Waals surface area (Å²) in [4.78, 5) is 12.6. The Morgan fingerprint density at radius 1 is 1.13 bits per heavy atom. The SMILES string of the molecule is O=C(NCCSCc1c(F)cccc1Cl)c1cc(S(=O)(=O)N2CCCC2)ccc1Cl. The standard InChI is InChI=1S/C20H21Cl2FN2O3S2/c21-17-4-3-5-19(23)16(17)13-29-11-8-24-20(26)15-12-14(6-7-18(15)22)30(27,28)25-9-1-2-10-25/h3-7,12H,1-2,8-11,13H2,(H,24,26). The van der Waals surface area contributed by atoms with Crippen molar-refractivity contribution < 1.29 is 17.6 Å². The van der Waals surface area contributed by atoms with Crippen molar-refractivity contribution in [3.05, 3.63) is 63.4 Å². The molecule has 1 amide bonds. The average Bonchev–Trinajstić information content (AvgIpc) is 3.25. The molecule has 0 bridgehead atoms. The Bertz CT molecular complexity index is 1010. The maximum atomic E-state index is 13.8. The van der Waals surface area contributed by atoms with E-state index in [-0.39, 0.29) is 21.3 Å². The van der Waals surface area contributed by atoms with Gasteiger partial charge in [-0.2, -0.15) is 16.1 Å². The Labute approximate surface area is 190 Å². The van der Waals surface area contributed by atoms with E-state index in [0.717, 1.165) is 12.8 Å². The second kappa shape index (κ2) is 10.3. The van der Waals surface area contributed by atoms with Crippen LogP contribution in [0, 0.1) is 5.82 Å². The number of carbonyl (C=O) groups is 1. The summed E-state index contributed by atoms with van der Waals surface area (Å²) in [5, 5.41) is 3.27. The zero-order valence-electron chi connectivity index (χ0n) is 16.0. The molecule has 1 fully saturated rings. The van der Waals surface area contributed by atoms with Crippen LogP contribution in [0.25, 0.3) is 0 Å². The summed E-state index contributed by atoms with van der Waals surface area (Å²) in [6.07, 6.45) is 1.66. The molecule has 0 saturated carbocycles. The number of nitrogens with one attached hydrogen (secondary N) is 1. The number of thioether (sulfide) groups is 1. The van der Waals surface area contributed by atoms with Gasteiger partial charge in [0.05, 0.1) is 15.5 Å². The van der Waals surface area contributed by atoms with E-state index >= 15 is 0 Å². The van der Waals surface area contributed by atoms with Gasteiger partial charge in [0, 0.05) is 41.7 Å². The lowest BCUT2D eigenvalue weighted by Crippen LogP contribution is -2.29. The predicted octanol–water partition coefficient (Wildman–Crippen LogP) is 4.58. The summed E-state index contributed by atoms with van der Waals surface area (Å²) in [5.74, 6) is 0.0933. The van der Waals surface area contributed by atoms with Crippen LogP contribution in [0.4, 0.5) is 4.39 Å². The first-order chi connectivity index (χ1) is 14.3. The number of sulfonamides is 1. The van der Waals surface area contributed by atoms with Gasteiger partial charge in [-0.15, -0.1) is 0 Å². The van der Waals surface area contributed by atoms with Crippen LogP contribution in [0.15, 0.2) is 41.3 Å². The molecule has 30 heavy (non-hydrogen) atoms. The van der Waals surface area contributed by atoms with Crippen molar-refractivity contribution in [2.75, 3.05) is 25.4 Å². The third-order valence-corrected chi connectivity index (χ3v) is 8.29. The monoisotopic (exact) mass is 490 g/mol. The van der Waals surface area contributed by atoms with E-state index < -0.39 is 15.9 Å². The zero-order chi connectivity index (χ0) is 21.7. The Balaban J connectivity index is 1.57. The minimum atomic E-state index is -3.64. The van der Waals surface area contributed by atoms with Gasteiger partial charge in [0.1, 0.15) is 5.82 Å². The topological polar surface area (TPSA) is 66.5 Å². The first kappa shape index (κ1) is 23.3. The minimum absolute atomic E-state index is 0.0579. The number of hydrogen-bond acceptors (Lipinski definition) is 4. The van der Waals surface area contributed by atoms with Gasteiger partial charge >= 0.3 is 0 Å². The number of hydrogen-bond donors (Lipinski definition) is 1. The van der Waals surface area contributed by atoms with Crippen LogP contribution in [-0.2, 0) is 15.8 Å². The molecule has 1 heterocycles. The van der Waals surface area contributed by atoms with E-state index in [1.807, 2.05) is 0 Å². The molecule has 10 heteroatoms. The molecule has 3 rings (SSSR count). The van der Waals surface area contributed by atoms with Gasteiger partial charge in [-0.3, -0.25) is 4.79 Å². The summed E-state index contributed by atoms with van der Waals surface area (Å²) in [6, 6.07) is 8.70. The molecule has 0 unspecified atom stereocenters. The maximum Gasteiger partial charge on any atom is 0.252 e. The summed E-state index contributed by atoms with van der Waals surface area (Å²) < 4.78 is 40.6. The highest BCUT2D eigenvalue weighted by Gasteiger charge is 2.28. The lowest BCUT2D eigenvalue weighted by molar-refractivity contribution is 0.0956. The molecule has 0 radical (unpaired) electrons. The van der Waals surface area contributed by atoms with Crippen LogP contribution >= 0.6 is 35.0 Å². The first-order valence-electron chi connectivity index (χ1n) is 9.39. The lowest BCUT2D eigenvalue weighted by atomic mass is 10.2. The lowest BCUT2D eigenvalue weighted by Gasteiger charge is -2.16. The van der Waals surface area contributed by atoms with Crippen molar-refractivity contribution in [2.45, 2.75) is 23.5 Å². The number of halogens is 3. The molecule has 0 aromatic heterocycles. The van der Waals surface area contributed by atoms with Gasteiger partial charge in [-0.1, -0.05) is 29.3 Å². The zero-order valence-corrected chi connectivity index (χ0v) is 19.2. The molecule has 5 nitrogen and oxygen atoms in total. The van der Waals surface area contributed by atoms with Crippen LogP contribution in [0.3, 0.4) is 0 Å². The number of nitrogens with zero attached hydrogens (tertiary/aromatic N) is 1. The van der Waals surface area contributed by atoms with Gasteiger partial charge in [0.15, 0.2) is 0 Å². The van der Waals surface area contributed by atoms with Crippen molar-refractivity contribution in [2.24, 2.45) is 0 Å². The minimum Gasteiger partial charge on any atom is -0.351 e. The predicted molar refractivity (Wildman–Crippen MR) is 119 cm³/mol. The summed E-state index contributed by atoms with van der Waals surface area (Å²) in [6.45, 7) is 1.28. The van der Waals surface area contributed by atoms with Crippen molar-refractivity contribution in [3.63, 3.8) is 0 Å². The van der Waals surface area contributed by atoms with Gasteiger partial charge < -0.3 is 5.32 Å². The molecule has 2 aromatic carbocycles. The van der Waals surface area contributed by atoms with Crippen molar-refractivity contribution in [1.29, 1.82) is 0 Å². The molecular weight excluding hydrogens is 470 g/mol. The van der Waals surface area contributed by atoms with Gasteiger partial charge in [0.25, 0.3) is 5.91 Å². The molecular formula is C20H21Cl2FN2O3S2. The fraction of sp³-hybridized carbons (Fsp3) is 0.350. The van der Waals surface area contributed by atoms with E-state index in [9.17, 15) is 17.6 Å². The highest BCUT2D eigenvalue weighted by molar-refractivity contribution is 7.98. The second-order valence-electron chi connectivity index (χ2n) is 6.76. The van der Waals surface area contributed by atoms with Crippen LogP contribution in [0.5, 0.6) is 0 Å². The Kier molecular flexibility index (Phi) is 8.04. The molecule has 162 valence electrons. The maximum absolute atomic E-state index is 13.8. The van der Waals surface area contributed by atoms with Gasteiger partial charge in [0.2, 0.25) is 10.0 Å². The largest absolute Gasteiger partial charge is 0.351 e. The molecule has 0 aliphatic carbocycles. The number of carbonyl (C=O) groups excluding carboxylic acids is 1. The first-order valence-corrected chi connectivity index (χ1v) is 12.7. The van der Waals surface area contributed by atoms with Crippen LogP contribution < -0.4 is 5.32 Å². The van der Waals surface area contributed by atoms with Crippen molar-refractivity contribution >= 4 is 50.9 Å². The van der Waals surface area contributed by atoms with Gasteiger partial charge in [-0.25, -0.2) is 12.8 Å². The number of benzene rings is 2. The third kappa shape index (κ3) is 5.48. The average molecular weight is 491 g/mol. The van der Waals surface area contributed by atoms with E-state index in [2.05, 4.69) is 5.32 Å². The van der Waals surface area contributed by atoms with Crippen LogP contribution in [0.2, 0.25) is 10.0 Å². The Morgan fingerprint density at radius 3 is 2.57 bits per heavy atom. The molecule has 1 saturated heterocycles. The normalized spacial score (nSPS) is 14.8. The van der Waals surface area contributed by atoms with E-state index in [0.29, 0.717) is 41.7 Å². The summed E-state index contributed by atoms with van der Waals surface area (Å²) >= 11 is 13.5. The summed E-state index contributed by atoms with van der Waals surface area (Å²) in [7, 11) is -3.64. The molecule has 1 N–H and O–H groups in total. The van der Waals surface area contributed by atoms with Crippen LogP contribution in [0.1, 0.15) is 28.8 Å². The fourth-order valence-corrected chi connectivity index (χ4v) is 6.04. The number of rotatable bonds is 8. The smallest absolute Gasteiger partial charge is 0.252 e. The molecule has 2 aromatic rings. The Hall–Kier alpha value is -1.32. The van der Waals surface area contributed by atoms with E-state index in [4.69, 9.17) is 23.2 Å². The van der Waals surface area contributed by atoms with Crippen molar-refractivity contribution in [1.82, 2.24) is 9.62 Å².